The molecule has 0 unspecified atom stereocenters. The van der Waals surface area contributed by atoms with Gasteiger partial charge in [0.1, 0.15) is 17.3 Å². The number of pyridine rings is 1. The number of ether oxygens (including phenoxy) is 1. The van der Waals surface area contributed by atoms with Crippen LogP contribution in [0.1, 0.15) is 27.6 Å². The van der Waals surface area contributed by atoms with Crippen molar-refractivity contribution in [1.82, 2.24) is 10.1 Å². The van der Waals surface area contributed by atoms with E-state index in [0.29, 0.717) is 45.3 Å². The molecule has 3 aromatic heterocycles. The van der Waals surface area contributed by atoms with Crippen molar-refractivity contribution in [2.24, 2.45) is 0 Å². The van der Waals surface area contributed by atoms with E-state index in [-0.39, 0.29) is 11.4 Å². The summed E-state index contributed by atoms with van der Waals surface area (Å²) in [6.07, 6.45) is 1.03. The van der Waals surface area contributed by atoms with Crippen molar-refractivity contribution in [3.8, 4) is 17.0 Å². The predicted octanol–water partition coefficient (Wildman–Crippen LogP) is 4.04. The van der Waals surface area contributed by atoms with Gasteiger partial charge in [0.15, 0.2) is 0 Å². The Morgan fingerprint density at radius 2 is 1.88 bits per heavy atom. The van der Waals surface area contributed by atoms with E-state index < -0.39 is 15.9 Å². The van der Waals surface area contributed by atoms with E-state index in [1.54, 1.807) is 25.1 Å². The summed E-state index contributed by atoms with van der Waals surface area (Å²) in [5, 5.41) is 7.23. The van der Waals surface area contributed by atoms with Crippen LogP contribution in [0.3, 0.4) is 0 Å². The third kappa shape index (κ3) is 4.53. The van der Waals surface area contributed by atoms with Crippen molar-refractivity contribution in [3.05, 3.63) is 53.1 Å². The fraction of sp³-hybridized carbons (Fsp3) is 0.227. The maximum Gasteiger partial charge on any atom is 0.259 e. The topological polar surface area (TPSA) is 137 Å². The number of rotatable bonds is 6. The van der Waals surface area contributed by atoms with E-state index in [4.69, 9.17) is 13.7 Å². The quantitative estimate of drug-likeness (QED) is 0.431. The number of hydrogen-bond donors (Lipinski definition) is 2. The summed E-state index contributed by atoms with van der Waals surface area (Å²) < 4.78 is 41.9. The Labute approximate surface area is 190 Å². The highest BCUT2D eigenvalue weighted by Gasteiger charge is 2.21. The lowest BCUT2D eigenvalue weighted by atomic mass is 10.1. The molecular formula is C22H22N4O6S. The lowest BCUT2D eigenvalue weighted by molar-refractivity contribution is 0.102. The zero-order chi connectivity index (χ0) is 23.9. The van der Waals surface area contributed by atoms with Crippen LogP contribution in [0.4, 0.5) is 11.4 Å². The Bertz CT molecular complexity index is 1490. The molecule has 0 aliphatic rings. The van der Waals surface area contributed by atoms with Gasteiger partial charge in [-0.3, -0.25) is 9.52 Å². The number of fused-ring (bicyclic) bond motifs is 1. The minimum Gasteiger partial charge on any atom is -0.495 e. The molecule has 0 atom stereocenters. The van der Waals surface area contributed by atoms with Crippen molar-refractivity contribution < 1.29 is 26.9 Å². The normalized spacial score (nSPS) is 11.5. The molecule has 10 nitrogen and oxygen atoms in total. The average Bonchev–Trinajstić information content (AvgIpc) is 3.27. The summed E-state index contributed by atoms with van der Waals surface area (Å²) >= 11 is 0. The molecule has 0 spiro atoms. The number of carbonyl (C=O) groups excluding carboxylic acids is 1. The van der Waals surface area contributed by atoms with Crippen molar-refractivity contribution >= 4 is 38.4 Å². The molecule has 0 radical (unpaired) electrons. The van der Waals surface area contributed by atoms with Crippen LogP contribution in [0.2, 0.25) is 0 Å². The number of carbonyl (C=O) groups is 1. The van der Waals surface area contributed by atoms with E-state index in [1.807, 2.05) is 19.9 Å². The second-order valence-electron chi connectivity index (χ2n) is 7.57. The Hall–Kier alpha value is -3.86. The number of sulfonamides is 1. The molecule has 4 aromatic rings. The van der Waals surface area contributed by atoms with Crippen molar-refractivity contribution in [2.75, 3.05) is 23.4 Å². The molecule has 0 saturated carbocycles. The standard InChI is InChI=1S/C22H22N4O6S/c1-11-8-15(13(3)31-11)17-10-16(20-12(2)25-32-22(20)24-17)21(27)23-14-6-7-19(30-4)18(9-14)26-33(5,28)29/h6-10,26H,1-5H3,(H,23,27). The monoisotopic (exact) mass is 470 g/mol. The maximum atomic E-state index is 13.3. The highest BCUT2D eigenvalue weighted by molar-refractivity contribution is 7.92. The van der Waals surface area contributed by atoms with Gasteiger partial charge in [0, 0.05) is 11.3 Å². The highest BCUT2D eigenvalue weighted by atomic mass is 32.2. The number of aryl methyl sites for hydroxylation is 3. The molecule has 2 N–H and O–H groups in total. The zero-order valence-electron chi connectivity index (χ0n) is 18.6. The summed E-state index contributed by atoms with van der Waals surface area (Å²) in [5.41, 5.74) is 2.85. The molecule has 3 heterocycles. The first-order valence-electron chi connectivity index (χ1n) is 9.87. The van der Waals surface area contributed by atoms with E-state index in [1.165, 1.54) is 13.2 Å². The first-order valence-corrected chi connectivity index (χ1v) is 11.8. The van der Waals surface area contributed by atoms with Crippen LogP contribution < -0.4 is 14.8 Å². The summed E-state index contributed by atoms with van der Waals surface area (Å²) in [6, 6.07) is 8.12. The van der Waals surface area contributed by atoms with Gasteiger partial charge < -0.3 is 19.0 Å². The number of hydrogen-bond acceptors (Lipinski definition) is 8. The average molecular weight is 471 g/mol. The summed E-state index contributed by atoms with van der Waals surface area (Å²) in [5.74, 6) is 1.25. The van der Waals surface area contributed by atoms with Crippen molar-refractivity contribution in [1.29, 1.82) is 0 Å². The number of amides is 1. The van der Waals surface area contributed by atoms with Gasteiger partial charge in [0.2, 0.25) is 10.0 Å². The van der Waals surface area contributed by atoms with Gasteiger partial charge >= 0.3 is 0 Å². The number of methoxy groups -OCH3 is 1. The fourth-order valence-corrected chi connectivity index (χ4v) is 4.12. The lowest BCUT2D eigenvalue weighted by Crippen LogP contribution is -2.14. The Morgan fingerprint density at radius 1 is 1.12 bits per heavy atom. The molecule has 172 valence electrons. The van der Waals surface area contributed by atoms with Crippen LogP contribution in [0.25, 0.3) is 22.4 Å². The number of benzene rings is 1. The van der Waals surface area contributed by atoms with Crippen LogP contribution in [-0.4, -0.2) is 37.8 Å². The molecule has 33 heavy (non-hydrogen) atoms. The molecule has 1 aromatic carbocycles. The van der Waals surface area contributed by atoms with E-state index in [9.17, 15) is 13.2 Å². The SMILES string of the molecule is COc1ccc(NC(=O)c2cc(-c3cc(C)oc3C)nc3onc(C)c23)cc1NS(C)(=O)=O. The Kier molecular flexibility index (Phi) is 5.58. The van der Waals surface area contributed by atoms with Crippen molar-refractivity contribution in [3.63, 3.8) is 0 Å². The first-order chi connectivity index (χ1) is 15.6. The van der Waals surface area contributed by atoms with E-state index in [0.717, 1.165) is 11.8 Å². The molecule has 4 rings (SSSR count). The van der Waals surface area contributed by atoms with Crippen LogP contribution in [-0.2, 0) is 10.0 Å². The second kappa shape index (κ2) is 8.24. The van der Waals surface area contributed by atoms with Crippen LogP contribution in [0, 0.1) is 20.8 Å². The number of nitrogens with zero attached hydrogens (tertiary/aromatic N) is 2. The fourth-order valence-electron chi connectivity index (χ4n) is 3.56. The van der Waals surface area contributed by atoms with Gasteiger partial charge in [0.25, 0.3) is 11.6 Å². The third-order valence-electron chi connectivity index (χ3n) is 4.93. The molecular weight excluding hydrogens is 448 g/mol. The summed E-state index contributed by atoms with van der Waals surface area (Å²) in [7, 11) is -2.13. The van der Waals surface area contributed by atoms with Gasteiger partial charge in [-0.2, -0.15) is 0 Å². The molecule has 1 amide bonds. The first kappa shape index (κ1) is 22.3. The number of nitrogens with one attached hydrogen (secondary N) is 2. The lowest BCUT2D eigenvalue weighted by Gasteiger charge is -2.13. The minimum absolute atomic E-state index is 0.198. The van der Waals surface area contributed by atoms with Crippen LogP contribution in [0.5, 0.6) is 5.75 Å². The van der Waals surface area contributed by atoms with E-state index in [2.05, 4.69) is 20.2 Å². The van der Waals surface area contributed by atoms with Crippen LogP contribution >= 0.6 is 0 Å². The maximum absolute atomic E-state index is 13.3. The molecule has 0 fully saturated rings. The number of anilines is 2. The molecule has 11 heteroatoms. The molecule has 0 aliphatic heterocycles. The van der Waals surface area contributed by atoms with Gasteiger partial charge in [-0.1, -0.05) is 5.16 Å². The van der Waals surface area contributed by atoms with Gasteiger partial charge in [-0.05, 0) is 51.1 Å². The third-order valence-corrected chi connectivity index (χ3v) is 5.52. The molecule has 0 bridgehead atoms. The number of aromatic nitrogens is 2. The summed E-state index contributed by atoms with van der Waals surface area (Å²) in [4.78, 5) is 17.8. The van der Waals surface area contributed by atoms with Crippen molar-refractivity contribution in [2.45, 2.75) is 20.8 Å². The van der Waals surface area contributed by atoms with E-state index >= 15 is 0 Å². The van der Waals surface area contributed by atoms with Gasteiger partial charge in [0.05, 0.1) is 41.4 Å². The molecule has 0 saturated heterocycles. The van der Waals surface area contributed by atoms with Gasteiger partial charge in [-0.15, -0.1) is 0 Å². The molecule has 0 aliphatic carbocycles. The van der Waals surface area contributed by atoms with Gasteiger partial charge in [-0.25, -0.2) is 13.4 Å². The summed E-state index contributed by atoms with van der Waals surface area (Å²) in [6.45, 7) is 5.36. The second-order valence-corrected chi connectivity index (χ2v) is 9.32. The zero-order valence-corrected chi connectivity index (χ0v) is 19.5. The largest absolute Gasteiger partial charge is 0.495 e. The Morgan fingerprint density at radius 3 is 2.52 bits per heavy atom. The van der Waals surface area contributed by atoms with Crippen LogP contribution in [0.15, 0.2) is 39.3 Å². The Balaban J connectivity index is 1.76. The minimum atomic E-state index is -3.55. The smallest absolute Gasteiger partial charge is 0.259 e. The predicted molar refractivity (Wildman–Crippen MR) is 123 cm³/mol. The number of furan rings is 1. The highest BCUT2D eigenvalue weighted by Crippen LogP contribution is 2.32.